The van der Waals surface area contributed by atoms with Gasteiger partial charge in [-0.2, -0.15) is 4.98 Å². The molecule has 0 aliphatic carbocycles. The zero-order valence-electron chi connectivity index (χ0n) is 11.1. The van der Waals surface area contributed by atoms with Crippen LogP contribution in [0, 0.1) is 6.92 Å². The highest BCUT2D eigenvalue weighted by Crippen LogP contribution is 2.11. The van der Waals surface area contributed by atoms with Crippen molar-refractivity contribution in [2.24, 2.45) is 0 Å². The Labute approximate surface area is 113 Å². The number of aromatic nitrogens is 2. The molecule has 0 unspecified atom stereocenters. The van der Waals surface area contributed by atoms with Crippen LogP contribution in [0.3, 0.4) is 0 Å². The van der Waals surface area contributed by atoms with Gasteiger partial charge < -0.3 is 10.1 Å². The number of benzene rings is 1. The molecule has 0 saturated carbocycles. The third-order valence-electron chi connectivity index (χ3n) is 2.49. The van der Waals surface area contributed by atoms with Crippen LogP contribution in [-0.4, -0.2) is 23.6 Å². The van der Waals surface area contributed by atoms with Gasteiger partial charge in [-0.25, -0.2) is 4.98 Å². The molecule has 2 aromatic rings. The highest BCUT2D eigenvalue weighted by Gasteiger charge is 2.00. The first-order chi connectivity index (χ1) is 9.28. The first-order valence-electron chi connectivity index (χ1n) is 6.16. The van der Waals surface area contributed by atoms with Crippen LogP contribution < -0.4 is 10.1 Å². The summed E-state index contributed by atoms with van der Waals surface area (Å²) in [6, 6.07) is 11.9. The van der Waals surface area contributed by atoms with Crippen molar-refractivity contribution in [3.05, 3.63) is 53.7 Å². The smallest absolute Gasteiger partial charge is 0.225 e. The van der Waals surface area contributed by atoms with Crippen molar-refractivity contribution >= 4 is 12.0 Å². The Bertz CT molecular complexity index is 553. The van der Waals surface area contributed by atoms with Crippen molar-refractivity contribution < 1.29 is 4.74 Å². The van der Waals surface area contributed by atoms with Gasteiger partial charge in [-0.1, -0.05) is 36.4 Å². The highest BCUT2D eigenvalue weighted by atomic mass is 16.5. The number of hydrogen-bond acceptors (Lipinski definition) is 4. The van der Waals surface area contributed by atoms with E-state index >= 15 is 0 Å². The maximum atomic E-state index is 5.57. The molecule has 0 amide bonds. The number of rotatable bonds is 5. The second-order valence-corrected chi connectivity index (χ2v) is 4.05. The Hall–Kier alpha value is -2.36. The fourth-order valence-corrected chi connectivity index (χ4v) is 1.61. The molecular weight excluding hydrogens is 238 g/mol. The maximum absolute atomic E-state index is 5.57. The van der Waals surface area contributed by atoms with Gasteiger partial charge in [-0.3, -0.25) is 0 Å². The first kappa shape index (κ1) is 13.1. The average Bonchev–Trinajstić information content (AvgIpc) is 2.44. The summed E-state index contributed by atoms with van der Waals surface area (Å²) in [4.78, 5) is 8.43. The van der Waals surface area contributed by atoms with E-state index in [1.807, 2.05) is 55.5 Å². The Balaban J connectivity index is 1.92. The molecule has 19 heavy (non-hydrogen) atoms. The van der Waals surface area contributed by atoms with Gasteiger partial charge in [0.05, 0.1) is 0 Å². The highest BCUT2D eigenvalue weighted by molar-refractivity contribution is 5.48. The lowest BCUT2D eigenvalue weighted by Crippen LogP contribution is -2.02. The number of nitrogens with one attached hydrogen (secondary N) is 1. The third-order valence-corrected chi connectivity index (χ3v) is 2.49. The van der Waals surface area contributed by atoms with Crippen LogP contribution in [0.4, 0.5) is 5.95 Å². The van der Waals surface area contributed by atoms with E-state index in [1.54, 1.807) is 7.05 Å². The summed E-state index contributed by atoms with van der Waals surface area (Å²) in [5, 5.41) is 2.90. The number of nitrogens with zero attached hydrogens (tertiary/aromatic N) is 2. The van der Waals surface area contributed by atoms with E-state index in [-0.39, 0.29) is 0 Å². The second kappa shape index (κ2) is 6.54. The molecule has 98 valence electrons. The molecule has 1 N–H and O–H groups in total. The van der Waals surface area contributed by atoms with E-state index in [9.17, 15) is 0 Å². The largest absolute Gasteiger partial charge is 0.473 e. The molecule has 1 heterocycles. The minimum Gasteiger partial charge on any atom is -0.473 e. The molecule has 0 aliphatic heterocycles. The molecule has 0 radical (unpaired) electrons. The van der Waals surface area contributed by atoms with Gasteiger partial charge in [-0.15, -0.1) is 0 Å². The summed E-state index contributed by atoms with van der Waals surface area (Å²) in [6.45, 7) is 2.39. The lowest BCUT2D eigenvalue weighted by molar-refractivity contribution is 0.348. The van der Waals surface area contributed by atoms with Gasteiger partial charge in [-0.05, 0) is 18.6 Å². The summed E-state index contributed by atoms with van der Waals surface area (Å²) in [5.41, 5.74) is 2.03. The monoisotopic (exact) mass is 255 g/mol. The van der Waals surface area contributed by atoms with Crippen LogP contribution in [0.1, 0.15) is 11.3 Å². The van der Waals surface area contributed by atoms with E-state index in [0.717, 1.165) is 11.3 Å². The van der Waals surface area contributed by atoms with Crippen molar-refractivity contribution in [3.8, 4) is 5.88 Å². The summed E-state index contributed by atoms with van der Waals surface area (Å²) in [7, 11) is 1.79. The van der Waals surface area contributed by atoms with Gasteiger partial charge >= 0.3 is 0 Å². The zero-order chi connectivity index (χ0) is 13.5. The van der Waals surface area contributed by atoms with Crippen molar-refractivity contribution in [1.82, 2.24) is 9.97 Å². The topological polar surface area (TPSA) is 47.0 Å². The van der Waals surface area contributed by atoms with Crippen LogP contribution in [0.5, 0.6) is 5.88 Å². The van der Waals surface area contributed by atoms with Gasteiger partial charge in [0, 0.05) is 18.8 Å². The predicted octanol–water partition coefficient (Wildman–Crippen LogP) is 2.92. The van der Waals surface area contributed by atoms with Crippen LogP contribution >= 0.6 is 0 Å². The van der Waals surface area contributed by atoms with Gasteiger partial charge in [0.25, 0.3) is 0 Å². The molecule has 0 fully saturated rings. The summed E-state index contributed by atoms with van der Waals surface area (Å²) < 4.78 is 5.57. The van der Waals surface area contributed by atoms with E-state index in [4.69, 9.17) is 4.74 Å². The fourth-order valence-electron chi connectivity index (χ4n) is 1.61. The normalized spacial score (nSPS) is 10.6. The zero-order valence-corrected chi connectivity index (χ0v) is 11.1. The summed E-state index contributed by atoms with van der Waals surface area (Å²) in [5.74, 6) is 1.15. The van der Waals surface area contributed by atoms with Gasteiger partial charge in [0.2, 0.25) is 11.8 Å². The third kappa shape index (κ3) is 4.10. The van der Waals surface area contributed by atoms with Crippen LogP contribution in [-0.2, 0) is 0 Å². The Morgan fingerprint density at radius 1 is 1.21 bits per heavy atom. The molecule has 0 saturated heterocycles. The molecule has 4 nitrogen and oxygen atoms in total. The fraction of sp³-hybridized carbons (Fsp3) is 0.200. The predicted molar refractivity (Wildman–Crippen MR) is 77.3 cm³/mol. The standard InChI is InChI=1S/C15H17N3O/c1-12-11-14(18-15(16-2)17-12)19-10-6-9-13-7-4-3-5-8-13/h3-9,11H,10H2,1-2H3,(H,16,17,18)/b9-6+. The van der Waals surface area contributed by atoms with Gasteiger partial charge in [0.15, 0.2) is 0 Å². The molecule has 2 rings (SSSR count). The quantitative estimate of drug-likeness (QED) is 0.892. The summed E-state index contributed by atoms with van der Waals surface area (Å²) >= 11 is 0. The molecule has 0 spiro atoms. The number of hydrogen-bond donors (Lipinski definition) is 1. The number of aryl methyl sites for hydroxylation is 1. The van der Waals surface area contributed by atoms with E-state index < -0.39 is 0 Å². The summed E-state index contributed by atoms with van der Waals surface area (Å²) in [6.07, 6.45) is 3.98. The van der Waals surface area contributed by atoms with E-state index in [1.165, 1.54) is 0 Å². The molecule has 0 aliphatic rings. The molecule has 0 atom stereocenters. The van der Waals surface area contributed by atoms with E-state index in [0.29, 0.717) is 18.4 Å². The van der Waals surface area contributed by atoms with Crippen LogP contribution in [0.25, 0.3) is 6.08 Å². The molecule has 1 aromatic carbocycles. The van der Waals surface area contributed by atoms with Crippen molar-refractivity contribution in [2.75, 3.05) is 19.0 Å². The minimum atomic E-state index is 0.481. The van der Waals surface area contributed by atoms with Gasteiger partial charge in [0.1, 0.15) is 6.61 Å². The molecule has 1 aromatic heterocycles. The van der Waals surface area contributed by atoms with Crippen molar-refractivity contribution in [2.45, 2.75) is 6.92 Å². The van der Waals surface area contributed by atoms with Crippen LogP contribution in [0.15, 0.2) is 42.5 Å². The first-order valence-corrected chi connectivity index (χ1v) is 6.16. The lowest BCUT2D eigenvalue weighted by Gasteiger charge is -2.05. The Kier molecular flexibility index (Phi) is 4.50. The van der Waals surface area contributed by atoms with Crippen molar-refractivity contribution in [3.63, 3.8) is 0 Å². The minimum absolute atomic E-state index is 0.481. The Morgan fingerprint density at radius 2 is 2.00 bits per heavy atom. The number of anilines is 1. The van der Waals surface area contributed by atoms with Crippen LogP contribution in [0.2, 0.25) is 0 Å². The van der Waals surface area contributed by atoms with Crippen molar-refractivity contribution in [1.29, 1.82) is 0 Å². The molecule has 0 bridgehead atoms. The number of ether oxygens (including phenoxy) is 1. The maximum Gasteiger partial charge on any atom is 0.225 e. The average molecular weight is 255 g/mol. The SMILES string of the molecule is CNc1nc(C)cc(OC/C=C/c2ccccc2)n1. The molecule has 4 heteroatoms. The second-order valence-electron chi connectivity index (χ2n) is 4.05. The van der Waals surface area contributed by atoms with E-state index in [2.05, 4.69) is 15.3 Å². The Morgan fingerprint density at radius 3 is 2.74 bits per heavy atom. The lowest BCUT2D eigenvalue weighted by atomic mass is 10.2. The molecular formula is C15H17N3O.